The molecular weight excluding hydrogens is 244 g/mol. The van der Waals surface area contributed by atoms with Crippen LogP contribution in [-0.4, -0.2) is 55.4 Å². The molecule has 0 aliphatic rings. The third kappa shape index (κ3) is 12.1. The van der Waals surface area contributed by atoms with Gasteiger partial charge in [0.2, 0.25) is 0 Å². The van der Waals surface area contributed by atoms with Gasteiger partial charge in [0.05, 0.1) is 13.5 Å². The van der Waals surface area contributed by atoms with Gasteiger partial charge in [-0.05, 0) is 19.4 Å². The summed E-state index contributed by atoms with van der Waals surface area (Å²) in [5.41, 5.74) is 5.54. The number of aliphatic hydroxyl groups is 1. The van der Waals surface area contributed by atoms with Crippen molar-refractivity contribution in [3.8, 4) is 0 Å². The van der Waals surface area contributed by atoms with Crippen LogP contribution in [-0.2, 0) is 9.53 Å². The molecule has 116 valence electrons. The van der Waals surface area contributed by atoms with Gasteiger partial charge in [0, 0.05) is 25.7 Å². The second kappa shape index (κ2) is 15.4. The van der Waals surface area contributed by atoms with Crippen LogP contribution in [0, 0.1) is 0 Å². The molecule has 0 amide bonds. The molecule has 1 atom stereocenters. The van der Waals surface area contributed by atoms with Gasteiger partial charge in [-0.2, -0.15) is 0 Å². The van der Waals surface area contributed by atoms with Gasteiger partial charge in [-0.3, -0.25) is 9.69 Å². The molecule has 1 unspecified atom stereocenters. The van der Waals surface area contributed by atoms with Gasteiger partial charge in [-0.15, -0.1) is 0 Å². The van der Waals surface area contributed by atoms with Crippen LogP contribution >= 0.6 is 0 Å². The van der Waals surface area contributed by atoms with Crippen LogP contribution in [0.25, 0.3) is 0 Å². The Hall–Kier alpha value is -0.650. The lowest BCUT2D eigenvalue weighted by molar-refractivity contribution is -0.142. The number of carbonyl (C=O) groups is 1. The zero-order valence-corrected chi connectivity index (χ0v) is 13.0. The molecule has 0 aliphatic heterocycles. The van der Waals surface area contributed by atoms with Crippen molar-refractivity contribution in [1.29, 1.82) is 0 Å². The Balaban J connectivity index is 0. The van der Waals surface area contributed by atoms with Crippen molar-refractivity contribution < 1.29 is 14.6 Å². The number of ether oxygens (including phenoxy) is 1. The summed E-state index contributed by atoms with van der Waals surface area (Å²) in [5.74, 6) is -0.239. The number of esters is 1. The molecule has 0 aromatic heterocycles. The number of methoxy groups -OCH3 is 1. The lowest BCUT2D eigenvalue weighted by Crippen LogP contribution is -2.41. The molecule has 0 radical (unpaired) electrons. The van der Waals surface area contributed by atoms with Crippen LogP contribution in [0.5, 0.6) is 0 Å². The number of carbonyl (C=O) groups excluding carboxylic acids is 1. The number of aliphatic hydroxyl groups excluding tert-OH is 1. The first-order valence-corrected chi connectivity index (χ1v) is 7.22. The van der Waals surface area contributed by atoms with Crippen LogP contribution in [0.15, 0.2) is 0 Å². The van der Waals surface area contributed by atoms with Crippen molar-refractivity contribution in [2.75, 3.05) is 33.4 Å². The second-order valence-corrected chi connectivity index (χ2v) is 4.48. The van der Waals surface area contributed by atoms with Gasteiger partial charge >= 0.3 is 5.97 Å². The molecule has 0 heterocycles. The van der Waals surface area contributed by atoms with E-state index in [1.807, 2.05) is 0 Å². The maximum atomic E-state index is 11.2. The monoisotopic (exact) mass is 276 g/mol. The first kappa shape index (κ1) is 20.7. The smallest absolute Gasteiger partial charge is 0.307 e. The van der Waals surface area contributed by atoms with Gasteiger partial charge in [-0.25, -0.2) is 0 Å². The van der Waals surface area contributed by atoms with E-state index in [4.69, 9.17) is 10.8 Å². The molecule has 0 rings (SSSR count). The third-order valence-corrected chi connectivity index (χ3v) is 2.54. The van der Waals surface area contributed by atoms with Crippen molar-refractivity contribution in [3.05, 3.63) is 0 Å². The van der Waals surface area contributed by atoms with E-state index >= 15 is 0 Å². The summed E-state index contributed by atoms with van der Waals surface area (Å²) >= 11 is 0. The van der Waals surface area contributed by atoms with Gasteiger partial charge in [0.25, 0.3) is 0 Å². The Morgan fingerprint density at radius 3 is 2.26 bits per heavy atom. The maximum absolute atomic E-state index is 11.2. The van der Waals surface area contributed by atoms with Crippen molar-refractivity contribution in [1.82, 2.24) is 4.90 Å². The van der Waals surface area contributed by atoms with Crippen molar-refractivity contribution in [2.24, 2.45) is 5.73 Å². The van der Waals surface area contributed by atoms with Crippen LogP contribution in [0.4, 0.5) is 0 Å². The molecule has 0 bridgehead atoms. The van der Waals surface area contributed by atoms with E-state index in [9.17, 15) is 4.79 Å². The highest BCUT2D eigenvalue weighted by Crippen LogP contribution is 2.10. The highest BCUT2D eigenvalue weighted by atomic mass is 16.5. The average Bonchev–Trinajstić information content (AvgIpc) is 2.38. The molecule has 19 heavy (non-hydrogen) atoms. The van der Waals surface area contributed by atoms with Gasteiger partial charge in [-0.1, -0.05) is 27.2 Å². The molecule has 0 spiro atoms. The number of rotatable bonds is 9. The summed E-state index contributed by atoms with van der Waals surface area (Å²) in [6.45, 7) is 8.60. The minimum Gasteiger partial charge on any atom is -0.469 e. The van der Waals surface area contributed by atoms with Crippen molar-refractivity contribution in [3.63, 3.8) is 0 Å². The fourth-order valence-electron chi connectivity index (χ4n) is 1.77. The van der Waals surface area contributed by atoms with Crippen LogP contribution in [0.1, 0.15) is 46.5 Å². The Morgan fingerprint density at radius 1 is 1.32 bits per heavy atom. The first-order valence-electron chi connectivity index (χ1n) is 7.22. The molecule has 0 fully saturated rings. The van der Waals surface area contributed by atoms with Crippen LogP contribution in [0.2, 0.25) is 0 Å². The Bertz CT molecular complexity index is 195. The predicted octanol–water partition coefficient (Wildman–Crippen LogP) is 1.39. The van der Waals surface area contributed by atoms with E-state index in [0.29, 0.717) is 19.4 Å². The molecular formula is C14H32N2O3. The van der Waals surface area contributed by atoms with Gasteiger partial charge in [0.1, 0.15) is 0 Å². The SMILES string of the molecule is CCC.CCCN(CCN)C(CCO)CC(=O)OC. The number of nitrogens with zero attached hydrogens (tertiary/aromatic N) is 1. The largest absolute Gasteiger partial charge is 0.469 e. The average molecular weight is 276 g/mol. The number of hydrogen-bond acceptors (Lipinski definition) is 5. The first-order chi connectivity index (χ1) is 9.10. The van der Waals surface area contributed by atoms with E-state index in [-0.39, 0.29) is 18.6 Å². The summed E-state index contributed by atoms with van der Waals surface area (Å²) in [7, 11) is 1.38. The third-order valence-electron chi connectivity index (χ3n) is 2.54. The van der Waals surface area contributed by atoms with Crippen LogP contribution in [0.3, 0.4) is 0 Å². The summed E-state index contributed by atoms with van der Waals surface area (Å²) in [4.78, 5) is 13.4. The van der Waals surface area contributed by atoms with Crippen molar-refractivity contribution >= 4 is 5.97 Å². The Morgan fingerprint density at radius 2 is 1.89 bits per heavy atom. The molecule has 0 aromatic carbocycles. The van der Waals surface area contributed by atoms with E-state index in [2.05, 4.69) is 30.4 Å². The number of hydrogen-bond donors (Lipinski definition) is 2. The molecule has 3 N–H and O–H groups in total. The normalized spacial score (nSPS) is 11.7. The summed E-state index contributed by atoms with van der Waals surface area (Å²) < 4.78 is 4.65. The zero-order valence-electron chi connectivity index (χ0n) is 13.0. The minimum atomic E-state index is -0.239. The van der Waals surface area contributed by atoms with E-state index < -0.39 is 0 Å². The lowest BCUT2D eigenvalue weighted by atomic mass is 10.1. The van der Waals surface area contributed by atoms with Gasteiger partial charge < -0.3 is 15.6 Å². The Kier molecular flexibility index (Phi) is 16.8. The van der Waals surface area contributed by atoms with Gasteiger partial charge in [0.15, 0.2) is 0 Å². The molecule has 0 saturated carbocycles. The summed E-state index contributed by atoms with van der Waals surface area (Å²) in [6.07, 6.45) is 3.15. The fourth-order valence-corrected chi connectivity index (χ4v) is 1.77. The fraction of sp³-hybridized carbons (Fsp3) is 0.929. The topological polar surface area (TPSA) is 75.8 Å². The Labute approximate surface area is 118 Å². The molecule has 0 aromatic rings. The molecule has 0 aliphatic carbocycles. The lowest BCUT2D eigenvalue weighted by Gasteiger charge is -2.30. The highest BCUT2D eigenvalue weighted by Gasteiger charge is 2.20. The van der Waals surface area contributed by atoms with Crippen LogP contribution < -0.4 is 5.73 Å². The summed E-state index contributed by atoms with van der Waals surface area (Å²) in [6, 6.07) is 0.0287. The second-order valence-electron chi connectivity index (χ2n) is 4.48. The molecule has 0 saturated heterocycles. The van der Waals surface area contributed by atoms with E-state index in [0.717, 1.165) is 19.5 Å². The van der Waals surface area contributed by atoms with E-state index in [1.54, 1.807) is 0 Å². The number of nitrogens with two attached hydrogens (primary N) is 1. The molecule has 5 nitrogen and oxygen atoms in total. The minimum absolute atomic E-state index is 0.0287. The predicted molar refractivity (Wildman–Crippen MR) is 79.0 cm³/mol. The standard InChI is InChI=1S/C11H24N2O3.C3H8/c1-3-6-13(7-5-12)10(4-8-14)9-11(15)16-2;1-3-2/h10,14H,3-9,12H2,1-2H3;3H2,1-2H3. The van der Waals surface area contributed by atoms with E-state index in [1.165, 1.54) is 13.5 Å². The highest BCUT2D eigenvalue weighted by molar-refractivity contribution is 5.69. The van der Waals surface area contributed by atoms with Crippen molar-refractivity contribution in [2.45, 2.75) is 52.5 Å². The zero-order chi connectivity index (χ0) is 15.1. The molecule has 5 heteroatoms. The summed E-state index contributed by atoms with van der Waals surface area (Å²) in [5, 5.41) is 9.00. The maximum Gasteiger partial charge on any atom is 0.307 e. The quantitative estimate of drug-likeness (QED) is 0.622.